The molecule has 0 aliphatic heterocycles. The number of aromatic nitrogens is 2. The summed E-state index contributed by atoms with van der Waals surface area (Å²) in [5, 5.41) is 3.16. The van der Waals surface area contributed by atoms with Gasteiger partial charge < -0.3 is 11.1 Å². The highest BCUT2D eigenvalue weighted by Gasteiger charge is 2.02. The highest BCUT2D eigenvalue weighted by atomic mass is 79.9. The number of hydrogen-bond acceptors (Lipinski definition) is 4. The molecule has 5 heteroatoms. The summed E-state index contributed by atoms with van der Waals surface area (Å²) in [6.07, 6.45) is 5.16. The van der Waals surface area contributed by atoms with Gasteiger partial charge in [0.25, 0.3) is 0 Å². The molecule has 0 spiro atoms. The molecule has 2 aromatic heterocycles. The Bertz CT molecular complexity index is 513. The van der Waals surface area contributed by atoms with Crippen LogP contribution in [0.25, 0.3) is 0 Å². The van der Waals surface area contributed by atoms with Gasteiger partial charge >= 0.3 is 0 Å². The van der Waals surface area contributed by atoms with E-state index in [0.717, 1.165) is 21.5 Å². The number of halogens is 1. The maximum absolute atomic E-state index is 5.61. The van der Waals surface area contributed by atoms with Crippen LogP contribution in [-0.4, -0.2) is 9.97 Å². The van der Waals surface area contributed by atoms with Gasteiger partial charge in [0.1, 0.15) is 5.82 Å². The third kappa shape index (κ3) is 2.49. The van der Waals surface area contributed by atoms with E-state index in [1.165, 1.54) is 0 Å². The minimum atomic E-state index is 0.625. The topological polar surface area (TPSA) is 63.8 Å². The fraction of sp³-hybridized carbons (Fsp3) is 0.0909. The second-order valence-corrected chi connectivity index (χ2v) is 4.33. The normalized spacial score (nSPS) is 10.1. The number of nitrogens with two attached hydrogens (primary N) is 1. The van der Waals surface area contributed by atoms with Gasteiger partial charge in [-0.15, -0.1) is 0 Å². The summed E-state index contributed by atoms with van der Waals surface area (Å²) < 4.78 is 0.828. The molecule has 82 valence electrons. The van der Waals surface area contributed by atoms with E-state index >= 15 is 0 Å². The quantitative estimate of drug-likeness (QED) is 0.887. The number of nitrogens with zero attached hydrogens (tertiary/aromatic N) is 2. The van der Waals surface area contributed by atoms with Gasteiger partial charge in [0.2, 0.25) is 0 Å². The Balaban J connectivity index is 2.27. The second kappa shape index (κ2) is 4.49. The van der Waals surface area contributed by atoms with Crippen LogP contribution in [0.4, 0.5) is 17.2 Å². The number of nitrogen functional groups attached to an aromatic ring is 1. The van der Waals surface area contributed by atoms with Crippen molar-refractivity contribution in [2.75, 3.05) is 11.1 Å². The minimum absolute atomic E-state index is 0.625. The van der Waals surface area contributed by atoms with Crippen molar-refractivity contribution in [3.05, 3.63) is 40.8 Å². The van der Waals surface area contributed by atoms with Crippen molar-refractivity contribution in [3.8, 4) is 0 Å². The van der Waals surface area contributed by atoms with E-state index in [2.05, 4.69) is 31.2 Å². The number of nitrogens with one attached hydrogen (secondary N) is 1. The molecule has 0 unspecified atom stereocenters. The molecule has 0 amide bonds. The summed E-state index contributed by atoms with van der Waals surface area (Å²) in [7, 11) is 0. The zero-order valence-corrected chi connectivity index (χ0v) is 10.3. The molecular weight excluding hydrogens is 268 g/mol. The van der Waals surface area contributed by atoms with Gasteiger partial charge in [0, 0.05) is 6.20 Å². The van der Waals surface area contributed by atoms with Gasteiger partial charge in [0.15, 0.2) is 0 Å². The van der Waals surface area contributed by atoms with Crippen molar-refractivity contribution in [2.45, 2.75) is 6.92 Å². The summed E-state index contributed by atoms with van der Waals surface area (Å²) in [5.41, 5.74) is 8.23. The van der Waals surface area contributed by atoms with Crippen molar-refractivity contribution in [2.24, 2.45) is 0 Å². The van der Waals surface area contributed by atoms with Crippen LogP contribution >= 0.6 is 15.9 Å². The molecule has 0 aliphatic carbocycles. The molecule has 2 heterocycles. The van der Waals surface area contributed by atoms with Gasteiger partial charge in [-0.05, 0) is 40.5 Å². The highest BCUT2D eigenvalue weighted by molar-refractivity contribution is 9.10. The summed E-state index contributed by atoms with van der Waals surface area (Å²) in [6, 6.07) is 3.80. The van der Waals surface area contributed by atoms with Crippen LogP contribution in [0, 0.1) is 6.92 Å². The van der Waals surface area contributed by atoms with Crippen LogP contribution < -0.4 is 11.1 Å². The number of pyridine rings is 2. The van der Waals surface area contributed by atoms with Crippen LogP contribution in [0.5, 0.6) is 0 Å². The molecule has 0 fully saturated rings. The first kappa shape index (κ1) is 10.9. The number of rotatable bonds is 2. The van der Waals surface area contributed by atoms with Gasteiger partial charge in [-0.25, -0.2) is 4.98 Å². The molecule has 0 aromatic carbocycles. The third-order valence-corrected chi connectivity index (χ3v) is 2.60. The van der Waals surface area contributed by atoms with Crippen LogP contribution in [0.3, 0.4) is 0 Å². The average Bonchev–Trinajstić information content (AvgIpc) is 2.22. The van der Waals surface area contributed by atoms with Gasteiger partial charge in [0.05, 0.1) is 28.2 Å². The number of hydrogen-bond donors (Lipinski definition) is 2. The Morgan fingerprint density at radius 3 is 2.75 bits per heavy atom. The fourth-order valence-electron chi connectivity index (χ4n) is 1.30. The van der Waals surface area contributed by atoms with Crippen LogP contribution in [-0.2, 0) is 0 Å². The lowest BCUT2D eigenvalue weighted by atomic mass is 10.3. The van der Waals surface area contributed by atoms with Gasteiger partial charge in [-0.1, -0.05) is 0 Å². The molecule has 3 N–H and O–H groups in total. The highest BCUT2D eigenvalue weighted by Crippen LogP contribution is 2.24. The van der Waals surface area contributed by atoms with Crippen molar-refractivity contribution >= 4 is 33.1 Å². The van der Waals surface area contributed by atoms with Crippen LogP contribution in [0.1, 0.15) is 5.56 Å². The van der Waals surface area contributed by atoms with E-state index in [4.69, 9.17) is 5.73 Å². The van der Waals surface area contributed by atoms with E-state index in [-0.39, 0.29) is 0 Å². The summed E-state index contributed by atoms with van der Waals surface area (Å²) in [4.78, 5) is 8.29. The molecule has 0 atom stereocenters. The average molecular weight is 279 g/mol. The van der Waals surface area contributed by atoms with Crippen LogP contribution in [0.2, 0.25) is 0 Å². The lowest BCUT2D eigenvalue weighted by Crippen LogP contribution is -1.97. The minimum Gasteiger partial charge on any atom is -0.397 e. The van der Waals surface area contributed by atoms with E-state index in [1.54, 1.807) is 24.7 Å². The molecule has 16 heavy (non-hydrogen) atoms. The Labute approximate surface area is 102 Å². The van der Waals surface area contributed by atoms with Crippen molar-refractivity contribution in [1.29, 1.82) is 0 Å². The molecule has 4 nitrogen and oxygen atoms in total. The number of aryl methyl sites for hydroxylation is 1. The lowest BCUT2D eigenvalue weighted by Gasteiger charge is -2.07. The zero-order valence-electron chi connectivity index (χ0n) is 8.74. The first-order valence-corrected chi connectivity index (χ1v) is 5.54. The monoisotopic (exact) mass is 278 g/mol. The fourth-order valence-corrected chi connectivity index (χ4v) is 1.77. The summed E-state index contributed by atoms with van der Waals surface area (Å²) in [5.74, 6) is 0.724. The van der Waals surface area contributed by atoms with Crippen molar-refractivity contribution in [3.63, 3.8) is 0 Å². The van der Waals surface area contributed by atoms with Gasteiger partial charge in [-0.3, -0.25) is 4.98 Å². The summed E-state index contributed by atoms with van der Waals surface area (Å²) in [6.45, 7) is 1.99. The van der Waals surface area contributed by atoms with E-state index < -0.39 is 0 Å². The van der Waals surface area contributed by atoms with E-state index in [9.17, 15) is 0 Å². The summed E-state index contributed by atoms with van der Waals surface area (Å²) >= 11 is 3.40. The molecule has 0 aliphatic rings. The SMILES string of the molecule is Cc1cncc(Nc2ncc(N)cc2Br)c1. The smallest absolute Gasteiger partial charge is 0.144 e. The first-order valence-electron chi connectivity index (χ1n) is 4.75. The largest absolute Gasteiger partial charge is 0.397 e. The third-order valence-electron chi connectivity index (χ3n) is 2.00. The molecule has 2 rings (SSSR count). The Morgan fingerprint density at radius 2 is 2.06 bits per heavy atom. The van der Waals surface area contributed by atoms with Crippen LogP contribution in [0.15, 0.2) is 35.2 Å². The van der Waals surface area contributed by atoms with Crippen molar-refractivity contribution < 1.29 is 0 Å². The maximum atomic E-state index is 5.61. The van der Waals surface area contributed by atoms with E-state index in [1.807, 2.05) is 13.0 Å². The molecule has 0 bridgehead atoms. The Kier molecular flexibility index (Phi) is 3.05. The Hall–Kier alpha value is -1.62. The predicted molar refractivity (Wildman–Crippen MR) is 68.6 cm³/mol. The standard InChI is InChI=1S/C11H11BrN4/c1-7-2-9(6-14-4-7)16-11-10(12)3-8(13)5-15-11/h2-6H,13H2,1H3,(H,15,16). The Morgan fingerprint density at radius 1 is 1.25 bits per heavy atom. The number of anilines is 3. The van der Waals surface area contributed by atoms with Crippen molar-refractivity contribution in [1.82, 2.24) is 9.97 Å². The zero-order chi connectivity index (χ0) is 11.5. The van der Waals surface area contributed by atoms with Gasteiger partial charge in [-0.2, -0.15) is 0 Å². The first-order chi connectivity index (χ1) is 7.65. The molecular formula is C11H11BrN4. The lowest BCUT2D eigenvalue weighted by molar-refractivity contribution is 1.24. The molecule has 2 aromatic rings. The second-order valence-electron chi connectivity index (χ2n) is 3.48. The maximum Gasteiger partial charge on any atom is 0.144 e. The van der Waals surface area contributed by atoms with E-state index in [0.29, 0.717) is 5.69 Å². The molecule has 0 saturated heterocycles. The molecule has 0 saturated carbocycles. The molecule has 0 radical (unpaired) electrons. The predicted octanol–water partition coefficient (Wildman–Crippen LogP) is 2.87.